The van der Waals surface area contributed by atoms with Crippen LogP contribution in [0.4, 0.5) is 20.3 Å². The summed E-state index contributed by atoms with van der Waals surface area (Å²) in [5, 5.41) is 5.30. The highest BCUT2D eigenvalue weighted by Gasteiger charge is 2.12. The second kappa shape index (κ2) is 7.69. The van der Waals surface area contributed by atoms with Crippen molar-refractivity contribution in [1.82, 2.24) is 15.3 Å². The molecule has 3 rings (SSSR count). The molecule has 0 unspecified atom stereocenters. The van der Waals surface area contributed by atoms with Gasteiger partial charge in [0.2, 0.25) is 0 Å². The average Bonchev–Trinajstić information content (AvgIpc) is 2.64. The Bertz CT molecular complexity index is 926. The zero-order chi connectivity index (χ0) is 18.5. The van der Waals surface area contributed by atoms with Crippen LogP contribution in [0.25, 0.3) is 0 Å². The Morgan fingerprint density at radius 3 is 2.50 bits per heavy atom. The number of hydrogen-bond donors (Lipinski definition) is 2. The first kappa shape index (κ1) is 17.5. The Morgan fingerprint density at radius 1 is 1.04 bits per heavy atom. The number of benzene rings is 2. The van der Waals surface area contributed by atoms with Crippen molar-refractivity contribution in [3.63, 3.8) is 0 Å². The fraction of sp³-hybridized carbons (Fsp3) is 0.105. The largest absolute Gasteiger partial charge is 0.347 e. The van der Waals surface area contributed by atoms with Gasteiger partial charge in [0.15, 0.2) is 0 Å². The van der Waals surface area contributed by atoms with Crippen LogP contribution in [0, 0.1) is 18.6 Å². The lowest BCUT2D eigenvalue weighted by atomic mass is 10.1. The molecule has 0 saturated heterocycles. The van der Waals surface area contributed by atoms with E-state index in [4.69, 9.17) is 0 Å². The van der Waals surface area contributed by atoms with Crippen LogP contribution in [-0.2, 0) is 6.54 Å². The summed E-state index contributed by atoms with van der Waals surface area (Å²) >= 11 is 0. The number of para-hydroxylation sites is 1. The zero-order valence-corrected chi connectivity index (χ0v) is 14.0. The summed E-state index contributed by atoms with van der Waals surface area (Å²) in [6.45, 7) is 2.30. The van der Waals surface area contributed by atoms with Crippen LogP contribution in [-0.4, -0.2) is 15.9 Å². The molecule has 0 aliphatic rings. The minimum absolute atomic E-state index is 0.0906. The van der Waals surface area contributed by atoms with E-state index in [0.717, 1.165) is 29.6 Å². The van der Waals surface area contributed by atoms with Crippen LogP contribution in [0.5, 0.6) is 0 Å². The van der Waals surface area contributed by atoms with Gasteiger partial charge in [-0.15, -0.1) is 0 Å². The monoisotopic (exact) mass is 354 g/mol. The summed E-state index contributed by atoms with van der Waals surface area (Å²) in [4.78, 5) is 20.1. The SMILES string of the molecule is Cc1ccccc1CNC(=O)c1cc(Nc2c(F)cccc2F)ncn1. The van der Waals surface area contributed by atoms with E-state index in [1.807, 2.05) is 31.2 Å². The highest BCUT2D eigenvalue weighted by atomic mass is 19.1. The fourth-order valence-corrected chi connectivity index (χ4v) is 2.37. The van der Waals surface area contributed by atoms with Crippen molar-refractivity contribution < 1.29 is 13.6 Å². The molecular weight excluding hydrogens is 338 g/mol. The molecule has 0 spiro atoms. The van der Waals surface area contributed by atoms with E-state index in [1.165, 1.54) is 12.1 Å². The predicted octanol–water partition coefficient (Wildman–Crippen LogP) is 3.74. The van der Waals surface area contributed by atoms with E-state index in [2.05, 4.69) is 20.6 Å². The molecule has 0 bridgehead atoms. The Labute approximate surface area is 149 Å². The molecule has 2 N–H and O–H groups in total. The van der Waals surface area contributed by atoms with Crippen LogP contribution in [0.15, 0.2) is 54.9 Å². The molecule has 0 radical (unpaired) electrons. The first-order chi connectivity index (χ1) is 12.5. The van der Waals surface area contributed by atoms with Gasteiger partial charge in [-0.3, -0.25) is 4.79 Å². The standard InChI is InChI=1S/C19H16F2N4O/c1-12-5-2-3-6-13(12)10-22-19(26)16-9-17(24-11-23-16)25-18-14(20)7-4-8-15(18)21/h2-9,11H,10H2,1H3,(H,22,26)(H,23,24,25). The lowest BCUT2D eigenvalue weighted by Crippen LogP contribution is -2.24. The van der Waals surface area contributed by atoms with Gasteiger partial charge in [-0.25, -0.2) is 18.7 Å². The topological polar surface area (TPSA) is 66.9 Å². The van der Waals surface area contributed by atoms with Crippen molar-refractivity contribution in [2.24, 2.45) is 0 Å². The molecule has 0 aliphatic heterocycles. The Kier molecular flexibility index (Phi) is 5.17. The molecule has 26 heavy (non-hydrogen) atoms. The smallest absolute Gasteiger partial charge is 0.270 e. The highest BCUT2D eigenvalue weighted by Crippen LogP contribution is 2.22. The predicted molar refractivity (Wildman–Crippen MR) is 94.0 cm³/mol. The van der Waals surface area contributed by atoms with Gasteiger partial charge in [0.25, 0.3) is 5.91 Å². The first-order valence-corrected chi connectivity index (χ1v) is 7.90. The minimum Gasteiger partial charge on any atom is -0.347 e. The van der Waals surface area contributed by atoms with Crippen molar-refractivity contribution >= 4 is 17.4 Å². The van der Waals surface area contributed by atoms with Crippen molar-refractivity contribution in [1.29, 1.82) is 0 Å². The fourth-order valence-electron chi connectivity index (χ4n) is 2.37. The number of carbonyl (C=O) groups is 1. The molecule has 0 saturated carbocycles. The first-order valence-electron chi connectivity index (χ1n) is 7.90. The summed E-state index contributed by atoms with van der Waals surface area (Å²) in [7, 11) is 0. The number of nitrogens with zero attached hydrogens (tertiary/aromatic N) is 2. The van der Waals surface area contributed by atoms with Gasteiger partial charge in [0.1, 0.15) is 35.2 Å². The van der Waals surface area contributed by atoms with Crippen LogP contribution >= 0.6 is 0 Å². The second-order valence-electron chi connectivity index (χ2n) is 5.62. The van der Waals surface area contributed by atoms with Crippen LogP contribution < -0.4 is 10.6 Å². The lowest BCUT2D eigenvalue weighted by Gasteiger charge is -2.10. The van der Waals surface area contributed by atoms with E-state index in [-0.39, 0.29) is 17.2 Å². The summed E-state index contributed by atoms with van der Waals surface area (Å²) in [5.41, 5.74) is 1.81. The van der Waals surface area contributed by atoms with E-state index in [0.29, 0.717) is 6.54 Å². The number of halogens is 2. The minimum atomic E-state index is -0.755. The summed E-state index contributed by atoms with van der Waals surface area (Å²) in [6.07, 6.45) is 1.16. The van der Waals surface area contributed by atoms with Gasteiger partial charge < -0.3 is 10.6 Å². The molecule has 5 nitrogen and oxygen atoms in total. The molecule has 1 amide bonds. The van der Waals surface area contributed by atoms with Crippen molar-refractivity contribution in [2.45, 2.75) is 13.5 Å². The normalized spacial score (nSPS) is 10.4. The second-order valence-corrected chi connectivity index (χ2v) is 5.62. The van der Waals surface area contributed by atoms with Gasteiger partial charge in [-0.1, -0.05) is 30.3 Å². The molecule has 1 aromatic heterocycles. The number of aromatic nitrogens is 2. The van der Waals surface area contributed by atoms with Crippen LogP contribution in [0.3, 0.4) is 0 Å². The molecular formula is C19H16F2N4O. The van der Waals surface area contributed by atoms with E-state index >= 15 is 0 Å². The number of hydrogen-bond acceptors (Lipinski definition) is 4. The number of amides is 1. The maximum absolute atomic E-state index is 13.7. The maximum Gasteiger partial charge on any atom is 0.270 e. The number of anilines is 2. The van der Waals surface area contributed by atoms with E-state index in [1.54, 1.807) is 0 Å². The Hall–Kier alpha value is -3.35. The summed E-state index contributed by atoms with van der Waals surface area (Å²) in [5.74, 6) is -1.80. The molecule has 2 aromatic carbocycles. The van der Waals surface area contributed by atoms with Crippen LogP contribution in [0.1, 0.15) is 21.6 Å². The van der Waals surface area contributed by atoms with Gasteiger partial charge in [0.05, 0.1) is 0 Å². The third-order valence-corrected chi connectivity index (χ3v) is 3.82. The maximum atomic E-state index is 13.7. The van der Waals surface area contributed by atoms with E-state index < -0.39 is 17.5 Å². The van der Waals surface area contributed by atoms with E-state index in [9.17, 15) is 13.6 Å². The molecule has 0 atom stereocenters. The number of aryl methyl sites for hydroxylation is 1. The quantitative estimate of drug-likeness (QED) is 0.733. The van der Waals surface area contributed by atoms with Crippen molar-refractivity contribution in [2.75, 3.05) is 5.32 Å². The summed E-state index contributed by atoms with van der Waals surface area (Å²) in [6, 6.07) is 12.5. The molecule has 132 valence electrons. The van der Waals surface area contributed by atoms with Crippen molar-refractivity contribution in [3.8, 4) is 0 Å². The molecule has 7 heteroatoms. The number of carbonyl (C=O) groups excluding carboxylic acids is 1. The highest BCUT2D eigenvalue weighted by molar-refractivity contribution is 5.92. The molecule has 3 aromatic rings. The van der Waals surface area contributed by atoms with Crippen molar-refractivity contribution in [3.05, 3.63) is 83.3 Å². The number of nitrogens with one attached hydrogen (secondary N) is 2. The third-order valence-electron chi connectivity index (χ3n) is 3.82. The summed E-state index contributed by atoms with van der Waals surface area (Å²) < 4.78 is 27.4. The Morgan fingerprint density at radius 2 is 1.77 bits per heavy atom. The van der Waals surface area contributed by atoms with Gasteiger partial charge >= 0.3 is 0 Å². The van der Waals surface area contributed by atoms with Gasteiger partial charge in [-0.2, -0.15) is 0 Å². The number of rotatable bonds is 5. The average molecular weight is 354 g/mol. The zero-order valence-electron chi connectivity index (χ0n) is 14.0. The molecule has 1 heterocycles. The van der Waals surface area contributed by atoms with Gasteiger partial charge in [0, 0.05) is 12.6 Å². The molecule has 0 fully saturated rings. The third kappa shape index (κ3) is 4.00. The lowest BCUT2D eigenvalue weighted by molar-refractivity contribution is 0.0945. The van der Waals surface area contributed by atoms with Crippen LogP contribution in [0.2, 0.25) is 0 Å². The van der Waals surface area contributed by atoms with Gasteiger partial charge in [-0.05, 0) is 30.2 Å². The Balaban J connectivity index is 1.72. The molecule has 0 aliphatic carbocycles.